The van der Waals surface area contributed by atoms with Gasteiger partial charge in [-0.1, -0.05) is 22.0 Å². The summed E-state index contributed by atoms with van der Waals surface area (Å²) in [7, 11) is -1.60. The SMILES string of the molecule is C[Si](C)(C)O[C@H]1CC2C(Br)=CC1C(=O)[C@]21CO1. The number of ether oxygens (including phenoxy) is 1. The number of carbonyl (C=O) groups is 1. The number of ketones is 1. The molecule has 4 atom stereocenters. The lowest BCUT2D eigenvalue weighted by Crippen LogP contribution is -2.55. The van der Waals surface area contributed by atoms with Crippen LogP contribution in [0.5, 0.6) is 0 Å². The highest BCUT2D eigenvalue weighted by Crippen LogP contribution is 2.55. The quantitative estimate of drug-likeness (QED) is 0.580. The molecule has 0 aromatic rings. The summed E-state index contributed by atoms with van der Waals surface area (Å²) in [4.78, 5) is 12.4. The van der Waals surface area contributed by atoms with Crippen LogP contribution in [0.1, 0.15) is 6.42 Å². The Kier molecular flexibility index (Phi) is 2.51. The maximum Gasteiger partial charge on any atom is 0.184 e. The maximum absolute atomic E-state index is 12.4. The van der Waals surface area contributed by atoms with Crippen molar-refractivity contribution in [2.75, 3.05) is 6.61 Å². The first-order valence-electron chi connectivity index (χ1n) is 6.07. The molecule has 1 spiro atoms. The standard InChI is InChI=1S/C12H17BrO3Si/c1-17(2,3)16-10-5-8-9(13)4-7(10)11(14)12(8)6-15-12/h4,7-8,10H,5-6H2,1-3H3/t7?,8?,10-,12-/m0/s1. The van der Waals surface area contributed by atoms with Crippen molar-refractivity contribution < 1.29 is 14.0 Å². The Labute approximate surface area is 111 Å². The maximum atomic E-state index is 12.4. The van der Waals surface area contributed by atoms with Crippen molar-refractivity contribution in [1.29, 1.82) is 0 Å². The molecule has 2 unspecified atom stereocenters. The van der Waals surface area contributed by atoms with Crippen LogP contribution in [0.2, 0.25) is 19.6 Å². The molecule has 1 saturated carbocycles. The van der Waals surface area contributed by atoms with Gasteiger partial charge in [-0.2, -0.15) is 0 Å². The fraction of sp³-hybridized carbons (Fsp3) is 0.750. The first-order chi connectivity index (χ1) is 7.83. The summed E-state index contributed by atoms with van der Waals surface area (Å²) in [6.45, 7) is 7.10. The van der Waals surface area contributed by atoms with Gasteiger partial charge in [-0.15, -0.1) is 0 Å². The molecule has 1 aliphatic heterocycles. The van der Waals surface area contributed by atoms with E-state index in [9.17, 15) is 4.79 Å². The van der Waals surface area contributed by atoms with Crippen LogP contribution in [0.15, 0.2) is 10.6 Å². The minimum Gasteiger partial charge on any atom is -0.414 e. The fourth-order valence-corrected chi connectivity index (χ4v) is 4.99. The number of epoxide rings is 1. The predicted octanol–water partition coefficient (Wildman–Crippen LogP) is 2.47. The summed E-state index contributed by atoms with van der Waals surface area (Å²) in [5.74, 6) is 0.310. The van der Waals surface area contributed by atoms with Gasteiger partial charge in [-0.25, -0.2) is 0 Å². The molecule has 0 aromatic heterocycles. The molecule has 4 rings (SSSR count). The van der Waals surface area contributed by atoms with Crippen LogP contribution in [-0.4, -0.2) is 32.4 Å². The summed E-state index contributed by atoms with van der Waals surface area (Å²) in [6, 6.07) is 0. The van der Waals surface area contributed by atoms with Gasteiger partial charge in [-0.05, 0) is 30.5 Å². The van der Waals surface area contributed by atoms with E-state index in [1.54, 1.807) is 0 Å². The highest BCUT2D eigenvalue weighted by molar-refractivity contribution is 9.11. The van der Waals surface area contributed by atoms with Gasteiger partial charge < -0.3 is 9.16 Å². The Bertz CT molecular complexity index is 408. The molecule has 2 fully saturated rings. The van der Waals surface area contributed by atoms with E-state index in [0.29, 0.717) is 6.61 Å². The zero-order chi connectivity index (χ0) is 12.4. The van der Waals surface area contributed by atoms with E-state index >= 15 is 0 Å². The van der Waals surface area contributed by atoms with Crippen LogP contribution in [-0.2, 0) is 14.0 Å². The van der Waals surface area contributed by atoms with Gasteiger partial charge in [0.1, 0.15) is 0 Å². The van der Waals surface area contributed by atoms with Crippen LogP contribution in [0.4, 0.5) is 0 Å². The molecule has 3 aliphatic carbocycles. The lowest BCUT2D eigenvalue weighted by molar-refractivity contribution is -0.136. The topological polar surface area (TPSA) is 38.8 Å². The lowest BCUT2D eigenvalue weighted by atomic mass is 9.66. The third-order valence-corrected chi connectivity index (χ3v) is 5.61. The lowest BCUT2D eigenvalue weighted by Gasteiger charge is -2.44. The van der Waals surface area contributed by atoms with Crippen LogP contribution < -0.4 is 0 Å². The summed E-state index contributed by atoms with van der Waals surface area (Å²) in [5, 5.41) is 0. The monoisotopic (exact) mass is 316 g/mol. The van der Waals surface area contributed by atoms with Crippen molar-refractivity contribution >= 4 is 30.0 Å². The summed E-state index contributed by atoms with van der Waals surface area (Å²) < 4.78 is 12.8. The minimum atomic E-state index is -1.60. The van der Waals surface area contributed by atoms with Crippen LogP contribution in [0.25, 0.3) is 0 Å². The van der Waals surface area contributed by atoms with Crippen molar-refractivity contribution in [2.45, 2.75) is 37.8 Å². The molecule has 3 nitrogen and oxygen atoms in total. The second-order valence-electron chi connectivity index (χ2n) is 6.18. The number of Topliss-reactive ketones (excluding diaryl/α,β-unsaturated/α-hetero) is 1. The predicted molar refractivity (Wildman–Crippen MR) is 70.5 cm³/mol. The average Bonchev–Trinajstić information content (AvgIpc) is 2.95. The van der Waals surface area contributed by atoms with E-state index in [0.717, 1.165) is 10.9 Å². The third kappa shape index (κ3) is 1.79. The number of hydrogen-bond donors (Lipinski definition) is 0. The Balaban J connectivity index is 1.88. The van der Waals surface area contributed by atoms with E-state index in [2.05, 4.69) is 35.6 Å². The molecule has 2 bridgehead atoms. The van der Waals surface area contributed by atoms with Gasteiger partial charge in [0.2, 0.25) is 0 Å². The molecule has 17 heavy (non-hydrogen) atoms. The van der Waals surface area contributed by atoms with Crippen molar-refractivity contribution in [1.82, 2.24) is 0 Å². The van der Waals surface area contributed by atoms with Gasteiger partial charge in [0.05, 0.1) is 18.6 Å². The Morgan fingerprint density at radius 2 is 2.18 bits per heavy atom. The molecule has 1 heterocycles. The van der Waals surface area contributed by atoms with Gasteiger partial charge >= 0.3 is 0 Å². The second kappa shape index (κ2) is 3.53. The fourth-order valence-electron chi connectivity index (χ4n) is 2.99. The molecule has 94 valence electrons. The van der Waals surface area contributed by atoms with Crippen LogP contribution >= 0.6 is 15.9 Å². The summed E-state index contributed by atoms with van der Waals surface area (Å²) in [6.07, 6.45) is 3.02. The Morgan fingerprint density at radius 1 is 1.53 bits per heavy atom. The minimum absolute atomic E-state index is 0.0651. The second-order valence-corrected chi connectivity index (χ2v) is 11.6. The van der Waals surface area contributed by atoms with Crippen molar-refractivity contribution in [3.63, 3.8) is 0 Å². The Morgan fingerprint density at radius 3 is 2.71 bits per heavy atom. The van der Waals surface area contributed by atoms with Crippen LogP contribution in [0.3, 0.4) is 0 Å². The molecule has 0 N–H and O–H groups in total. The zero-order valence-electron chi connectivity index (χ0n) is 10.3. The average molecular weight is 317 g/mol. The van der Waals surface area contributed by atoms with E-state index in [4.69, 9.17) is 9.16 Å². The van der Waals surface area contributed by atoms with Crippen molar-refractivity contribution in [3.05, 3.63) is 10.6 Å². The number of carbonyl (C=O) groups excluding carboxylic acids is 1. The number of fused-ring (bicyclic) bond motifs is 1. The smallest absolute Gasteiger partial charge is 0.184 e. The van der Waals surface area contributed by atoms with Gasteiger partial charge in [0, 0.05) is 5.92 Å². The third-order valence-electron chi connectivity index (χ3n) is 3.78. The molecule has 0 amide bonds. The summed E-state index contributed by atoms with van der Waals surface area (Å²) in [5.41, 5.74) is -0.489. The highest BCUT2D eigenvalue weighted by Gasteiger charge is 2.66. The molecule has 5 heteroatoms. The van der Waals surface area contributed by atoms with Crippen molar-refractivity contribution in [2.24, 2.45) is 11.8 Å². The first-order valence-corrected chi connectivity index (χ1v) is 10.3. The number of halogens is 1. The normalized spacial score (nSPS) is 44.1. The van der Waals surface area contributed by atoms with Gasteiger partial charge in [0.25, 0.3) is 0 Å². The largest absolute Gasteiger partial charge is 0.414 e. The van der Waals surface area contributed by atoms with Crippen molar-refractivity contribution in [3.8, 4) is 0 Å². The number of rotatable bonds is 2. The molecule has 4 aliphatic rings. The molecular weight excluding hydrogens is 300 g/mol. The van der Waals surface area contributed by atoms with E-state index < -0.39 is 13.9 Å². The molecule has 1 saturated heterocycles. The van der Waals surface area contributed by atoms with Gasteiger partial charge in [0.15, 0.2) is 19.7 Å². The molecular formula is C12H17BrO3Si. The van der Waals surface area contributed by atoms with E-state index in [1.807, 2.05) is 6.08 Å². The summed E-state index contributed by atoms with van der Waals surface area (Å²) >= 11 is 3.58. The molecule has 0 radical (unpaired) electrons. The zero-order valence-corrected chi connectivity index (χ0v) is 12.9. The Hall–Kier alpha value is 0.0269. The van der Waals surface area contributed by atoms with Gasteiger partial charge in [-0.3, -0.25) is 4.79 Å². The number of hydrogen-bond acceptors (Lipinski definition) is 3. The highest BCUT2D eigenvalue weighted by atomic mass is 79.9. The molecule has 0 aromatic carbocycles. The van der Waals surface area contributed by atoms with E-state index in [-0.39, 0.29) is 23.7 Å². The first kappa shape index (κ1) is 12.1. The van der Waals surface area contributed by atoms with Crippen LogP contribution in [0, 0.1) is 11.8 Å². The van der Waals surface area contributed by atoms with E-state index in [1.165, 1.54) is 0 Å².